The molecule has 0 heterocycles. The van der Waals surface area contributed by atoms with Crippen LogP contribution >= 0.6 is 0 Å². The van der Waals surface area contributed by atoms with Crippen LogP contribution < -0.4 is 9.88 Å². The molecule has 0 saturated heterocycles. The first-order valence-electron chi connectivity index (χ1n) is 4.96. The maximum atomic E-state index is 13.7. The van der Waals surface area contributed by atoms with Crippen molar-refractivity contribution in [1.29, 1.82) is 0 Å². The van der Waals surface area contributed by atoms with Crippen molar-refractivity contribution in [2.75, 3.05) is 0 Å². The average molecular weight is 290 g/mol. The third-order valence-electron chi connectivity index (χ3n) is 2.15. The highest BCUT2D eigenvalue weighted by molar-refractivity contribution is 7.89. The molecule has 0 spiro atoms. The van der Waals surface area contributed by atoms with Crippen LogP contribution in [-0.4, -0.2) is 19.4 Å². The molecule has 0 fully saturated rings. The molecule has 0 aliphatic rings. The standard InChI is InChI=1S/C10H11FN2O5S/c1-3-6(2)18-10-8(11)4-7(13(14)15)5-9(10)19(12,16)17/h3-6H,1H2,2H3,(H2,12,16,17). The van der Waals surface area contributed by atoms with Gasteiger partial charge in [-0.25, -0.2) is 17.9 Å². The minimum Gasteiger partial charge on any atom is -0.482 e. The fraction of sp³-hybridized carbons (Fsp3) is 0.200. The lowest BCUT2D eigenvalue weighted by Crippen LogP contribution is -2.17. The molecular formula is C10H11FN2O5S. The van der Waals surface area contributed by atoms with Gasteiger partial charge in [0.05, 0.1) is 11.0 Å². The molecule has 1 unspecified atom stereocenters. The van der Waals surface area contributed by atoms with Gasteiger partial charge < -0.3 is 4.74 Å². The summed E-state index contributed by atoms with van der Waals surface area (Å²) in [6.45, 7) is 4.87. The largest absolute Gasteiger partial charge is 0.482 e. The first-order valence-corrected chi connectivity index (χ1v) is 6.51. The van der Waals surface area contributed by atoms with Crippen molar-refractivity contribution in [3.05, 3.63) is 40.7 Å². The minimum absolute atomic E-state index is 0.555. The Balaban J connectivity index is 3.53. The first-order chi connectivity index (χ1) is 8.66. The predicted molar refractivity (Wildman–Crippen MR) is 64.7 cm³/mol. The van der Waals surface area contributed by atoms with Gasteiger partial charge in [-0.05, 0) is 6.92 Å². The lowest BCUT2D eigenvalue weighted by Gasteiger charge is -2.14. The molecule has 0 aliphatic heterocycles. The van der Waals surface area contributed by atoms with Crippen LogP contribution in [0.15, 0.2) is 29.7 Å². The van der Waals surface area contributed by atoms with Crippen LogP contribution in [0.3, 0.4) is 0 Å². The summed E-state index contributed by atoms with van der Waals surface area (Å²) in [5, 5.41) is 15.5. The molecule has 1 aromatic rings. The number of sulfonamides is 1. The topological polar surface area (TPSA) is 113 Å². The summed E-state index contributed by atoms with van der Waals surface area (Å²) >= 11 is 0. The number of nitro benzene ring substituents is 1. The summed E-state index contributed by atoms with van der Waals surface area (Å²) < 4.78 is 41.4. The number of ether oxygens (including phenoxy) is 1. The third kappa shape index (κ3) is 3.48. The molecule has 0 amide bonds. The molecule has 0 bridgehead atoms. The van der Waals surface area contributed by atoms with Crippen LogP contribution in [-0.2, 0) is 10.0 Å². The lowest BCUT2D eigenvalue weighted by atomic mass is 10.3. The number of non-ortho nitro benzene ring substituents is 1. The van der Waals surface area contributed by atoms with Crippen molar-refractivity contribution in [1.82, 2.24) is 0 Å². The van der Waals surface area contributed by atoms with Crippen LogP contribution in [0, 0.1) is 15.9 Å². The fourth-order valence-electron chi connectivity index (χ4n) is 1.22. The van der Waals surface area contributed by atoms with Gasteiger partial charge in [-0.1, -0.05) is 12.7 Å². The van der Waals surface area contributed by atoms with Gasteiger partial charge in [-0.2, -0.15) is 0 Å². The second kappa shape index (κ2) is 5.33. The summed E-state index contributed by atoms with van der Waals surface area (Å²) in [7, 11) is -4.37. The Hall–Kier alpha value is -2.00. The van der Waals surface area contributed by atoms with E-state index in [-0.39, 0.29) is 0 Å². The van der Waals surface area contributed by atoms with E-state index in [1.165, 1.54) is 13.0 Å². The van der Waals surface area contributed by atoms with Crippen molar-refractivity contribution in [2.45, 2.75) is 17.9 Å². The second-order valence-corrected chi connectivity index (χ2v) is 5.15. The van der Waals surface area contributed by atoms with E-state index in [0.29, 0.717) is 12.1 Å². The number of halogens is 1. The average Bonchev–Trinajstić information content (AvgIpc) is 2.29. The molecule has 104 valence electrons. The highest BCUT2D eigenvalue weighted by atomic mass is 32.2. The van der Waals surface area contributed by atoms with Crippen molar-refractivity contribution < 1.29 is 22.5 Å². The van der Waals surface area contributed by atoms with Gasteiger partial charge in [0.2, 0.25) is 10.0 Å². The molecule has 1 atom stereocenters. The SMILES string of the molecule is C=CC(C)Oc1c(F)cc([N+](=O)[O-])cc1S(N)(=O)=O. The van der Waals surface area contributed by atoms with E-state index in [0.717, 1.165) is 0 Å². The number of nitrogens with two attached hydrogens (primary N) is 1. The molecule has 7 nitrogen and oxygen atoms in total. The smallest absolute Gasteiger partial charge is 0.274 e. The van der Waals surface area contributed by atoms with Crippen molar-refractivity contribution in [2.24, 2.45) is 5.14 Å². The zero-order valence-electron chi connectivity index (χ0n) is 9.87. The van der Waals surface area contributed by atoms with Gasteiger partial charge in [0.15, 0.2) is 11.6 Å². The molecule has 1 rings (SSSR count). The maximum Gasteiger partial charge on any atom is 0.274 e. The van der Waals surface area contributed by atoms with Gasteiger partial charge in [-0.15, -0.1) is 0 Å². The third-order valence-corrected chi connectivity index (χ3v) is 3.06. The fourth-order valence-corrected chi connectivity index (χ4v) is 1.91. The van der Waals surface area contributed by atoms with E-state index in [9.17, 15) is 22.9 Å². The minimum atomic E-state index is -4.37. The normalized spacial score (nSPS) is 12.8. The molecule has 19 heavy (non-hydrogen) atoms. The number of rotatable bonds is 5. The Labute approximate surface area is 108 Å². The van der Waals surface area contributed by atoms with E-state index < -0.39 is 43.2 Å². The molecular weight excluding hydrogens is 279 g/mol. The Morgan fingerprint density at radius 3 is 2.58 bits per heavy atom. The zero-order chi connectivity index (χ0) is 14.8. The predicted octanol–water partition coefficient (Wildman–Crippen LogP) is 1.33. The summed E-state index contributed by atoms with van der Waals surface area (Å²) in [5.74, 6) is -1.85. The summed E-state index contributed by atoms with van der Waals surface area (Å²) in [4.78, 5) is 8.85. The molecule has 1 aromatic carbocycles. The molecule has 9 heteroatoms. The molecule has 0 saturated carbocycles. The number of hydrogen-bond donors (Lipinski definition) is 1. The van der Waals surface area contributed by atoms with E-state index in [2.05, 4.69) is 6.58 Å². The number of benzene rings is 1. The van der Waals surface area contributed by atoms with Crippen LogP contribution in [0.1, 0.15) is 6.92 Å². The van der Waals surface area contributed by atoms with Gasteiger partial charge >= 0.3 is 0 Å². The molecule has 0 radical (unpaired) electrons. The van der Waals surface area contributed by atoms with Crippen LogP contribution in [0.4, 0.5) is 10.1 Å². The Morgan fingerprint density at radius 1 is 1.58 bits per heavy atom. The van der Waals surface area contributed by atoms with Crippen LogP contribution in [0.5, 0.6) is 5.75 Å². The number of nitrogens with zero attached hydrogens (tertiary/aromatic N) is 1. The van der Waals surface area contributed by atoms with E-state index >= 15 is 0 Å². The van der Waals surface area contributed by atoms with E-state index in [4.69, 9.17) is 9.88 Å². The number of nitro groups is 1. The summed E-state index contributed by atoms with van der Waals surface area (Å²) in [6, 6.07) is 1.20. The number of primary sulfonamides is 1. The molecule has 0 aromatic heterocycles. The molecule has 0 aliphatic carbocycles. The molecule has 2 N–H and O–H groups in total. The maximum absolute atomic E-state index is 13.7. The van der Waals surface area contributed by atoms with Gasteiger partial charge in [0, 0.05) is 6.07 Å². The second-order valence-electron chi connectivity index (χ2n) is 3.62. The van der Waals surface area contributed by atoms with Crippen LogP contribution in [0.2, 0.25) is 0 Å². The Morgan fingerprint density at radius 2 is 2.16 bits per heavy atom. The summed E-state index contributed by atoms with van der Waals surface area (Å²) in [5.41, 5.74) is -0.736. The van der Waals surface area contributed by atoms with Gasteiger partial charge in [0.1, 0.15) is 11.0 Å². The quantitative estimate of drug-likeness (QED) is 0.499. The highest BCUT2D eigenvalue weighted by Crippen LogP contribution is 2.31. The Kier molecular flexibility index (Phi) is 4.22. The number of hydrogen-bond acceptors (Lipinski definition) is 5. The van der Waals surface area contributed by atoms with Crippen LogP contribution in [0.25, 0.3) is 0 Å². The first kappa shape index (κ1) is 15.1. The zero-order valence-corrected chi connectivity index (χ0v) is 10.7. The van der Waals surface area contributed by atoms with E-state index in [1.807, 2.05) is 0 Å². The van der Waals surface area contributed by atoms with Gasteiger partial charge in [-0.3, -0.25) is 10.1 Å². The highest BCUT2D eigenvalue weighted by Gasteiger charge is 2.25. The Bertz CT molecular complexity index is 629. The lowest BCUT2D eigenvalue weighted by molar-refractivity contribution is -0.385. The van der Waals surface area contributed by atoms with Crippen molar-refractivity contribution in [3.63, 3.8) is 0 Å². The van der Waals surface area contributed by atoms with E-state index in [1.54, 1.807) is 0 Å². The van der Waals surface area contributed by atoms with Crippen molar-refractivity contribution >= 4 is 15.7 Å². The summed E-state index contributed by atoms with van der Waals surface area (Å²) in [6.07, 6.45) is 0.602. The van der Waals surface area contributed by atoms with Crippen molar-refractivity contribution in [3.8, 4) is 5.75 Å². The monoisotopic (exact) mass is 290 g/mol. The van der Waals surface area contributed by atoms with Gasteiger partial charge in [0.25, 0.3) is 5.69 Å².